The molecule has 154 valence electrons. The highest BCUT2D eigenvalue weighted by Gasteiger charge is 2.17. The molecule has 8 heteroatoms. The third-order valence-electron chi connectivity index (χ3n) is 4.29. The maximum absolute atomic E-state index is 5.88. The number of ether oxygens (including phenoxy) is 4. The average Bonchev–Trinajstić information content (AvgIpc) is 3.14. The Bertz CT molecular complexity index is 375. The Morgan fingerprint density at radius 2 is 1.85 bits per heavy atom. The molecule has 0 aromatic carbocycles. The van der Waals surface area contributed by atoms with E-state index >= 15 is 0 Å². The summed E-state index contributed by atoms with van der Waals surface area (Å²) in [5.41, 5.74) is 0. The highest BCUT2D eigenvalue weighted by atomic mass is 127. The molecular formula is C18H36IN3O4. The normalized spacial score (nSPS) is 22.7. The molecule has 2 atom stereocenters. The molecule has 0 radical (unpaired) electrons. The van der Waals surface area contributed by atoms with Crippen molar-refractivity contribution in [2.24, 2.45) is 4.99 Å². The lowest BCUT2D eigenvalue weighted by Gasteiger charge is -2.22. The topological polar surface area (TPSA) is 73.3 Å². The van der Waals surface area contributed by atoms with E-state index in [0.717, 1.165) is 71.2 Å². The first-order valence-corrected chi connectivity index (χ1v) is 9.71. The number of hydrogen-bond donors (Lipinski definition) is 2. The van der Waals surface area contributed by atoms with Crippen molar-refractivity contribution in [3.05, 3.63) is 0 Å². The van der Waals surface area contributed by atoms with Gasteiger partial charge in [0.25, 0.3) is 0 Å². The largest absolute Gasteiger partial charge is 0.381 e. The summed E-state index contributed by atoms with van der Waals surface area (Å²) < 4.78 is 22.4. The summed E-state index contributed by atoms with van der Waals surface area (Å²) in [5, 5.41) is 6.68. The second kappa shape index (κ2) is 14.8. The van der Waals surface area contributed by atoms with Gasteiger partial charge in [0.2, 0.25) is 0 Å². The van der Waals surface area contributed by atoms with Crippen LogP contribution in [0.4, 0.5) is 0 Å². The predicted octanol–water partition coefficient (Wildman–Crippen LogP) is 1.94. The summed E-state index contributed by atoms with van der Waals surface area (Å²) in [7, 11) is 0. The van der Waals surface area contributed by atoms with Gasteiger partial charge in [-0.15, -0.1) is 24.0 Å². The van der Waals surface area contributed by atoms with E-state index in [2.05, 4.69) is 29.5 Å². The maximum atomic E-state index is 5.88. The third kappa shape index (κ3) is 10.2. The van der Waals surface area contributed by atoms with Crippen molar-refractivity contribution in [2.75, 3.05) is 52.7 Å². The van der Waals surface area contributed by atoms with E-state index < -0.39 is 0 Å². The van der Waals surface area contributed by atoms with E-state index in [1.54, 1.807) is 0 Å². The fraction of sp³-hybridized carbons (Fsp3) is 0.944. The highest BCUT2D eigenvalue weighted by molar-refractivity contribution is 14.0. The Morgan fingerprint density at radius 1 is 1.12 bits per heavy atom. The van der Waals surface area contributed by atoms with Gasteiger partial charge in [0, 0.05) is 45.6 Å². The molecule has 0 spiro atoms. The average molecular weight is 485 g/mol. The quantitative estimate of drug-likeness (QED) is 0.213. The van der Waals surface area contributed by atoms with Gasteiger partial charge >= 0.3 is 0 Å². The first-order chi connectivity index (χ1) is 12.3. The minimum atomic E-state index is 0. The van der Waals surface area contributed by atoms with Crippen molar-refractivity contribution in [3.63, 3.8) is 0 Å². The number of nitrogens with one attached hydrogen (secondary N) is 2. The number of aliphatic imine (C=N–C) groups is 1. The second-order valence-electron chi connectivity index (χ2n) is 6.66. The van der Waals surface area contributed by atoms with Crippen molar-refractivity contribution in [3.8, 4) is 0 Å². The molecule has 2 unspecified atom stereocenters. The zero-order valence-corrected chi connectivity index (χ0v) is 18.5. The molecule has 0 aromatic rings. The van der Waals surface area contributed by atoms with Crippen molar-refractivity contribution in [1.29, 1.82) is 0 Å². The molecule has 2 heterocycles. The first-order valence-electron chi connectivity index (χ1n) is 9.71. The Kier molecular flexibility index (Phi) is 13.6. The van der Waals surface area contributed by atoms with Crippen molar-refractivity contribution in [2.45, 2.75) is 57.8 Å². The van der Waals surface area contributed by atoms with Crippen LogP contribution in [-0.2, 0) is 18.9 Å². The molecule has 7 nitrogen and oxygen atoms in total. The fourth-order valence-electron chi connectivity index (χ4n) is 2.87. The number of guanidine groups is 1. The second-order valence-corrected chi connectivity index (χ2v) is 6.66. The molecule has 0 aliphatic carbocycles. The van der Waals surface area contributed by atoms with Gasteiger partial charge in [0.15, 0.2) is 5.96 Å². The Hall–Kier alpha value is -0.160. The zero-order valence-electron chi connectivity index (χ0n) is 16.2. The van der Waals surface area contributed by atoms with Crippen LogP contribution in [-0.4, -0.2) is 76.9 Å². The number of halogens is 1. The van der Waals surface area contributed by atoms with Crippen LogP contribution in [0.2, 0.25) is 0 Å². The van der Waals surface area contributed by atoms with Crippen LogP contribution in [0.5, 0.6) is 0 Å². The van der Waals surface area contributed by atoms with Gasteiger partial charge in [-0.25, -0.2) is 0 Å². The molecule has 2 N–H and O–H groups in total. The monoisotopic (exact) mass is 485 g/mol. The van der Waals surface area contributed by atoms with Gasteiger partial charge < -0.3 is 29.6 Å². The molecule has 26 heavy (non-hydrogen) atoms. The fourth-order valence-corrected chi connectivity index (χ4v) is 2.87. The SMILES string of the molecule is CCNC(=NCCCOC1CCOCC1)NC(C)COC1CCOC1.I. The molecule has 0 amide bonds. The molecule has 2 aliphatic heterocycles. The van der Waals surface area contributed by atoms with Gasteiger partial charge in [-0.05, 0) is 39.5 Å². The molecule has 2 rings (SSSR count). The molecular weight excluding hydrogens is 449 g/mol. The van der Waals surface area contributed by atoms with E-state index in [-0.39, 0.29) is 36.1 Å². The maximum Gasteiger partial charge on any atom is 0.191 e. The van der Waals surface area contributed by atoms with Crippen molar-refractivity contribution >= 4 is 29.9 Å². The molecule has 0 bridgehead atoms. The minimum absolute atomic E-state index is 0. The van der Waals surface area contributed by atoms with E-state index in [4.69, 9.17) is 18.9 Å². The van der Waals surface area contributed by atoms with Gasteiger partial charge in [-0.1, -0.05) is 0 Å². The van der Waals surface area contributed by atoms with Gasteiger partial charge in [-0.3, -0.25) is 4.99 Å². The first kappa shape index (κ1) is 23.9. The van der Waals surface area contributed by atoms with E-state index in [0.29, 0.717) is 19.3 Å². The summed E-state index contributed by atoms with van der Waals surface area (Å²) in [6.45, 7) is 10.4. The summed E-state index contributed by atoms with van der Waals surface area (Å²) in [4.78, 5) is 4.63. The number of nitrogens with zero attached hydrogens (tertiary/aromatic N) is 1. The third-order valence-corrected chi connectivity index (χ3v) is 4.29. The lowest BCUT2D eigenvalue weighted by Crippen LogP contribution is -2.44. The lowest BCUT2D eigenvalue weighted by molar-refractivity contribution is -0.0318. The molecule has 2 saturated heterocycles. The van der Waals surface area contributed by atoms with Crippen LogP contribution in [0.15, 0.2) is 4.99 Å². The smallest absolute Gasteiger partial charge is 0.191 e. The Balaban J connectivity index is 0.00000338. The van der Waals surface area contributed by atoms with Gasteiger partial charge in [0.05, 0.1) is 25.4 Å². The summed E-state index contributed by atoms with van der Waals surface area (Å²) in [6, 6.07) is 0.205. The van der Waals surface area contributed by atoms with E-state index in [1.807, 2.05) is 0 Å². The van der Waals surface area contributed by atoms with E-state index in [1.165, 1.54) is 0 Å². The van der Waals surface area contributed by atoms with Crippen molar-refractivity contribution in [1.82, 2.24) is 10.6 Å². The van der Waals surface area contributed by atoms with Crippen LogP contribution < -0.4 is 10.6 Å². The summed E-state index contributed by atoms with van der Waals surface area (Å²) in [6.07, 6.45) is 4.55. The van der Waals surface area contributed by atoms with Gasteiger partial charge in [-0.2, -0.15) is 0 Å². The molecule has 0 saturated carbocycles. The van der Waals surface area contributed by atoms with Crippen LogP contribution in [0.25, 0.3) is 0 Å². The van der Waals surface area contributed by atoms with Crippen LogP contribution in [0.3, 0.4) is 0 Å². The Labute approximate surface area is 175 Å². The van der Waals surface area contributed by atoms with Crippen LogP contribution in [0.1, 0.15) is 39.5 Å². The zero-order chi connectivity index (χ0) is 17.7. The van der Waals surface area contributed by atoms with Crippen molar-refractivity contribution < 1.29 is 18.9 Å². The highest BCUT2D eigenvalue weighted by Crippen LogP contribution is 2.10. The molecule has 2 aliphatic rings. The Morgan fingerprint density at radius 3 is 2.54 bits per heavy atom. The number of hydrogen-bond acceptors (Lipinski definition) is 5. The summed E-state index contributed by atoms with van der Waals surface area (Å²) >= 11 is 0. The van der Waals surface area contributed by atoms with Crippen LogP contribution >= 0.6 is 24.0 Å². The lowest BCUT2D eigenvalue weighted by atomic mass is 10.1. The summed E-state index contributed by atoms with van der Waals surface area (Å²) in [5.74, 6) is 0.840. The minimum Gasteiger partial charge on any atom is -0.381 e. The van der Waals surface area contributed by atoms with Crippen LogP contribution in [0, 0.1) is 0 Å². The van der Waals surface area contributed by atoms with E-state index in [9.17, 15) is 0 Å². The van der Waals surface area contributed by atoms with Gasteiger partial charge in [0.1, 0.15) is 0 Å². The predicted molar refractivity (Wildman–Crippen MR) is 114 cm³/mol. The molecule has 2 fully saturated rings. The number of rotatable bonds is 10. The standard InChI is InChI=1S/C18H35N3O4.HI/c1-3-19-18(21-15(2)13-25-17-7-12-23-14-17)20-8-4-9-24-16-5-10-22-11-6-16;/h15-17H,3-14H2,1-2H3,(H2,19,20,21);1H. The molecule has 0 aromatic heterocycles.